The van der Waals surface area contributed by atoms with Crippen LogP contribution >= 0.6 is 39.1 Å². The van der Waals surface area contributed by atoms with Crippen LogP contribution < -0.4 is 10.5 Å². The summed E-state index contributed by atoms with van der Waals surface area (Å²) >= 11 is 14.7. The molecule has 2 aromatic rings. The number of rotatable bonds is 3. The number of hydrogen-bond donors (Lipinski definition) is 2. The van der Waals surface area contributed by atoms with E-state index in [2.05, 4.69) is 25.6 Å². The number of sulfonamides is 1. The average molecular weight is 415 g/mol. The van der Waals surface area contributed by atoms with Crippen LogP contribution in [0.2, 0.25) is 10.0 Å². The van der Waals surface area contributed by atoms with Gasteiger partial charge in [-0.3, -0.25) is 4.72 Å². The van der Waals surface area contributed by atoms with Crippen molar-refractivity contribution in [1.29, 1.82) is 0 Å². The highest BCUT2D eigenvalue weighted by molar-refractivity contribution is 9.10. The van der Waals surface area contributed by atoms with Gasteiger partial charge in [-0.1, -0.05) is 23.2 Å². The smallest absolute Gasteiger partial charge is 0.265 e. The molecule has 1 heterocycles. The van der Waals surface area contributed by atoms with E-state index in [1.807, 2.05) is 0 Å². The summed E-state index contributed by atoms with van der Waals surface area (Å²) in [5.74, 6) is -0.878. The Morgan fingerprint density at radius 3 is 2.38 bits per heavy atom. The van der Waals surface area contributed by atoms with Gasteiger partial charge in [-0.15, -0.1) is 0 Å². The van der Waals surface area contributed by atoms with E-state index in [4.69, 9.17) is 28.9 Å². The van der Waals surface area contributed by atoms with Crippen molar-refractivity contribution in [2.24, 2.45) is 0 Å². The first-order valence-corrected chi connectivity index (χ1v) is 8.32. The summed E-state index contributed by atoms with van der Waals surface area (Å²) in [5.41, 5.74) is 5.41. The number of nitrogens with two attached hydrogens (primary N) is 1. The third kappa shape index (κ3) is 3.57. The van der Waals surface area contributed by atoms with E-state index in [-0.39, 0.29) is 26.4 Å². The lowest BCUT2D eigenvalue weighted by molar-refractivity contribution is 0.601. The molecule has 2 rings (SSSR count). The van der Waals surface area contributed by atoms with E-state index < -0.39 is 15.8 Å². The average Bonchev–Trinajstić information content (AvgIpc) is 2.36. The molecule has 112 valence electrons. The predicted octanol–water partition coefficient (Wildman–Crippen LogP) is 3.67. The molecule has 0 saturated heterocycles. The molecule has 1 aromatic heterocycles. The highest BCUT2D eigenvalue weighted by atomic mass is 79.9. The maximum absolute atomic E-state index is 13.1. The standard InChI is InChI=1S/C11H7BrCl2FN3O2S/c12-5-1-9(11(16)17-4-5)21(19,20)18-10-7(13)2-6(15)3-8(10)14/h1-4,18H,(H2,16,17). The molecule has 0 aliphatic heterocycles. The Kier molecular flexibility index (Phi) is 4.62. The van der Waals surface area contributed by atoms with Crippen LogP contribution in [0, 0.1) is 5.82 Å². The molecule has 0 radical (unpaired) electrons. The van der Waals surface area contributed by atoms with Gasteiger partial charge in [0.05, 0.1) is 15.7 Å². The molecule has 0 aliphatic carbocycles. The number of anilines is 2. The van der Waals surface area contributed by atoms with Gasteiger partial charge in [0.1, 0.15) is 16.5 Å². The van der Waals surface area contributed by atoms with Crippen molar-refractivity contribution in [3.8, 4) is 0 Å². The monoisotopic (exact) mass is 413 g/mol. The number of nitrogen functional groups attached to an aromatic ring is 1. The quantitative estimate of drug-likeness (QED) is 0.802. The van der Waals surface area contributed by atoms with Crippen molar-refractivity contribution in [2.45, 2.75) is 4.90 Å². The zero-order chi connectivity index (χ0) is 15.8. The van der Waals surface area contributed by atoms with E-state index in [1.54, 1.807) is 0 Å². The molecule has 0 unspecified atom stereocenters. The molecule has 0 atom stereocenters. The van der Waals surface area contributed by atoms with Crippen molar-refractivity contribution < 1.29 is 12.8 Å². The lowest BCUT2D eigenvalue weighted by atomic mass is 10.3. The highest BCUT2D eigenvalue weighted by Crippen LogP contribution is 2.34. The summed E-state index contributed by atoms with van der Waals surface area (Å²) < 4.78 is 40.3. The number of pyridine rings is 1. The first kappa shape index (κ1) is 16.3. The number of halogens is 4. The third-order valence-corrected chi connectivity index (χ3v) is 4.79. The molecule has 3 N–H and O–H groups in total. The molecule has 5 nitrogen and oxygen atoms in total. The van der Waals surface area contributed by atoms with Gasteiger partial charge in [0.2, 0.25) is 0 Å². The number of nitrogens with one attached hydrogen (secondary N) is 1. The van der Waals surface area contributed by atoms with Gasteiger partial charge in [-0.2, -0.15) is 0 Å². The van der Waals surface area contributed by atoms with Gasteiger partial charge < -0.3 is 5.73 Å². The second-order valence-corrected chi connectivity index (χ2v) is 7.27. The molecule has 0 fully saturated rings. The molecule has 0 bridgehead atoms. The minimum atomic E-state index is -4.08. The fraction of sp³-hybridized carbons (Fsp3) is 0. The van der Waals surface area contributed by atoms with Crippen LogP contribution in [0.4, 0.5) is 15.9 Å². The largest absolute Gasteiger partial charge is 0.383 e. The number of aromatic nitrogens is 1. The Morgan fingerprint density at radius 1 is 1.24 bits per heavy atom. The Bertz CT molecular complexity index is 794. The first-order chi connectivity index (χ1) is 9.70. The van der Waals surface area contributed by atoms with E-state index in [0.717, 1.165) is 12.1 Å². The summed E-state index contributed by atoms with van der Waals surface area (Å²) in [6, 6.07) is 3.15. The molecule has 0 saturated carbocycles. The van der Waals surface area contributed by atoms with Crippen molar-refractivity contribution in [3.63, 3.8) is 0 Å². The molecular weight excluding hydrogens is 408 g/mol. The topological polar surface area (TPSA) is 85.1 Å². The highest BCUT2D eigenvalue weighted by Gasteiger charge is 2.22. The van der Waals surface area contributed by atoms with Crippen LogP contribution in [0.15, 0.2) is 33.8 Å². The Morgan fingerprint density at radius 2 is 1.81 bits per heavy atom. The molecule has 1 aromatic carbocycles. The number of nitrogens with zero attached hydrogens (tertiary/aromatic N) is 1. The van der Waals surface area contributed by atoms with Crippen molar-refractivity contribution in [2.75, 3.05) is 10.5 Å². The number of hydrogen-bond acceptors (Lipinski definition) is 4. The SMILES string of the molecule is Nc1ncc(Br)cc1S(=O)(=O)Nc1c(Cl)cc(F)cc1Cl. The third-order valence-electron chi connectivity index (χ3n) is 2.38. The first-order valence-electron chi connectivity index (χ1n) is 5.29. The van der Waals surface area contributed by atoms with Gasteiger partial charge in [0.25, 0.3) is 10.0 Å². The van der Waals surface area contributed by atoms with E-state index in [0.29, 0.717) is 4.47 Å². The second kappa shape index (κ2) is 5.96. The van der Waals surface area contributed by atoms with E-state index in [9.17, 15) is 12.8 Å². The summed E-state index contributed by atoms with van der Waals surface area (Å²) in [5, 5.41) is -0.352. The zero-order valence-electron chi connectivity index (χ0n) is 10.1. The van der Waals surface area contributed by atoms with Crippen LogP contribution in [0.1, 0.15) is 0 Å². The van der Waals surface area contributed by atoms with Gasteiger partial charge in [-0.25, -0.2) is 17.8 Å². The van der Waals surface area contributed by atoms with Gasteiger partial charge in [0.15, 0.2) is 0 Å². The molecule has 0 amide bonds. The summed E-state index contributed by atoms with van der Waals surface area (Å²) in [7, 11) is -4.08. The lowest BCUT2D eigenvalue weighted by Gasteiger charge is -2.12. The molecule has 21 heavy (non-hydrogen) atoms. The van der Waals surface area contributed by atoms with Crippen molar-refractivity contribution in [1.82, 2.24) is 4.98 Å². The minimum absolute atomic E-state index is 0.140. The Labute approximate surface area is 138 Å². The van der Waals surface area contributed by atoms with Crippen LogP contribution in [0.25, 0.3) is 0 Å². The second-order valence-electron chi connectivity index (χ2n) is 3.89. The lowest BCUT2D eigenvalue weighted by Crippen LogP contribution is -2.16. The molecule has 0 spiro atoms. The summed E-state index contributed by atoms with van der Waals surface area (Å²) in [6.07, 6.45) is 1.35. The van der Waals surface area contributed by atoms with E-state index in [1.165, 1.54) is 12.3 Å². The number of benzene rings is 1. The van der Waals surface area contributed by atoms with Crippen LogP contribution in [-0.4, -0.2) is 13.4 Å². The molecule has 0 aliphatic rings. The summed E-state index contributed by atoms with van der Waals surface area (Å²) in [6.45, 7) is 0. The maximum Gasteiger partial charge on any atom is 0.265 e. The Balaban J connectivity index is 2.50. The maximum atomic E-state index is 13.1. The minimum Gasteiger partial charge on any atom is -0.383 e. The molecule has 10 heteroatoms. The van der Waals surface area contributed by atoms with Crippen molar-refractivity contribution in [3.05, 3.63) is 44.7 Å². The van der Waals surface area contributed by atoms with Crippen LogP contribution in [-0.2, 0) is 10.0 Å². The molecular formula is C11H7BrCl2FN3O2S. The van der Waals surface area contributed by atoms with Gasteiger partial charge in [0, 0.05) is 10.7 Å². The van der Waals surface area contributed by atoms with E-state index >= 15 is 0 Å². The normalized spacial score (nSPS) is 11.4. The fourth-order valence-electron chi connectivity index (χ4n) is 1.48. The predicted molar refractivity (Wildman–Crippen MR) is 83.6 cm³/mol. The van der Waals surface area contributed by atoms with Gasteiger partial charge >= 0.3 is 0 Å². The van der Waals surface area contributed by atoms with Crippen molar-refractivity contribution >= 4 is 60.7 Å². The summed E-state index contributed by atoms with van der Waals surface area (Å²) in [4.78, 5) is 3.48. The fourth-order valence-corrected chi connectivity index (χ4v) is 3.83. The Hall–Kier alpha value is -1.09. The van der Waals surface area contributed by atoms with Gasteiger partial charge in [-0.05, 0) is 34.1 Å². The zero-order valence-corrected chi connectivity index (χ0v) is 14.0. The van der Waals surface area contributed by atoms with Crippen LogP contribution in [0.5, 0.6) is 0 Å². The van der Waals surface area contributed by atoms with Crippen LogP contribution in [0.3, 0.4) is 0 Å².